The molecule has 0 aromatic heterocycles. The maximum Gasteiger partial charge on any atom is 0.309 e. The molecule has 2 rings (SSSR count). The predicted octanol–water partition coefficient (Wildman–Crippen LogP) is 3.68. The van der Waals surface area contributed by atoms with Crippen LogP contribution in [0.1, 0.15) is 66.2 Å². The van der Waals surface area contributed by atoms with Gasteiger partial charge in [0.05, 0.1) is 31.3 Å². The molecule has 10 nitrogen and oxygen atoms in total. The van der Waals surface area contributed by atoms with Gasteiger partial charge in [-0.3, -0.25) is 4.79 Å². The summed E-state index contributed by atoms with van der Waals surface area (Å²) < 4.78 is 28.6. The van der Waals surface area contributed by atoms with E-state index in [1.807, 2.05) is 57.2 Å². The molecule has 0 spiro atoms. The molecule has 250 valence electrons. The van der Waals surface area contributed by atoms with Gasteiger partial charge < -0.3 is 44.1 Å². The minimum absolute atomic E-state index is 0.0117. The van der Waals surface area contributed by atoms with Gasteiger partial charge in [-0.25, -0.2) is 0 Å². The Morgan fingerprint density at radius 3 is 2.41 bits per heavy atom. The molecule has 44 heavy (non-hydrogen) atoms. The standard InChI is InChI=1S/C34H54O10/c1-7-8-13-23(3)17-26-15-12-10-9-11-14-22(2)16-24(4)28(40-5)19-25(36)18-27(20-30(37)42-26)43-34-32(39)33(41-6)31(38)29(21-35)44-34/h7-12,16-17,22,25-29,31-36,38-39H,13-15,18-21H2,1-6H3/b8-7+,11-9-,12-10-,23-17-,24-16-/t22-,25+,26+,27+,28-,29+,31+,32+,33-,34+/m0/s1. The third-order valence-electron chi connectivity index (χ3n) is 7.86. The Morgan fingerprint density at radius 1 is 1.07 bits per heavy atom. The Bertz CT molecular complexity index is 1000. The number of hydrogen-bond donors (Lipinski definition) is 4. The Morgan fingerprint density at radius 2 is 1.77 bits per heavy atom. The zero-order valence-corrected chi connectivity index (χ0v) is 27.1. The Balaban J connectivity index is 2.39. The van der Waals surface area contributed by atoms with Crippen LogP contribution in [0.25, 0.3) is 0 Å². The first-order valence-corrected chi connectivity index (χ1v) is 15.5. The van der Waals surface area contributed by atoms with E-state index < -0.39 is 61.6 Å². The first kappa shape index (κ1) is 38.0. The minimum Gasteiger partial charge on any atom is -0.458 e. The van der Waals surface area contributed by atoms with Crippen LogP contribution in [0.5, 0.6) is 0 Å². The van der Waals surface area contributed by atoms with E-state index >= 15 is 0 Å². The van der Waals surface area contributed by atoms with E-state index in [-0.39, 0.29) is 31.3 Å². The summed E-state index contributed by atoms with van der Waals surface area (Å²) in [5.41, 5.74) is 2.03. The molecule has 2 aliphatic rings. The number of esters is 1. The molecule has 0 unspecified atom stereocenters. The molecule has 10 heteroatoms. The molecule has 4 N–H and O–H groups in total. The van der Waals surface area contributed by atoms with E-state index in [0.29, 0.717) is 6.42 Å². The lowest BCUT2D eigenvalue weighted by Gasteiger charge is -2.42. The number of allylic oxidation sites excluding steroid dienone is 7. The van der Waals surface area contributed by atoms with Crippen LogP contribution < -0.4 is 0 Å². The van der Waals surface area contributed by atoms with Crippen LogP contribution in [0.4, 0.5) is 0 Å². The maximum absolute atomic E-state index is 13.3. The Hall–Kier alpha value is -2.15. The molecular weight excluding hydrogens is 568 g/mol. The maximum atomic E-state index is 13.3. The van der Waals surface area contributed by atoms with E-state index in [0.717, 1.165) is 24.0 Å². The van der Waals surface area contributed by atoms with Crippen molar-refractivity contribution >= 4 is 5.97 Å². The normalized spacial score (nSPS) is 38.3. The number of aliphatic hydroxyl groups is 4. The highest BCUT2D eigenvalue weighted by Crippen LogP contribution is 2.28. The van der Waals surface area contributed by atoms with E-state index in [9.17, 15) is 25.2 Å². The van der Waals surface area contributed by atoms with Crippen LogP contribution >= 0.6 is 0 Å². The SMILES string of the molecule is C/C=C/C/C(C)=C\[C@H]1C/C=C\C=C/C[C@H](C)/C=C(/C)[C@@H](OC)C[C@H](O)C[C@@H](O[C@@H]2O[C@H](CO)[C@@H](O)[C@H](OC)[C@H]2O)CC(=O)O1. The number of rotatable bonds is 8. The Kier molecular flexibility index (Phi) is 17.4. The second-order valence-electron chi connectivity index (χ2n) is 11.7. The van der Waals surface area contributed by atoms with Gasteiger partial charge >= 0.3 is 5.97 Å². The number of carbonyl (C=O) groups is 1. The molecule has 0 radical (unpaired) electrons. The van der Waals surface area contributed by atoms with Gasteiger partial charge in [0.1, 0.15) is 30.5 Å². The lowest BCUT2D eigenvalue weighted by molar-refractivity contribution is -0.316. The highest BCUT2D eigenvalue weighted by Gasteiger charge is 2.46. The third-order valence-corrected chi connectivity index (χ3v) is 7.86. The average Bonchev–Trinajstić information content (AvgIpc) is 2.97. The van der Waals surface area contributed by atoms with Gasteiger partial charge in [-0.15, -0.1) is 0 Å². The molecule has 0 aromatic carbocycles. The van der Waals surface area contributed by atoms with Crippen LogP contribution in [0.3, 0.4) is 0 Å². The fraction of sp³-hybridized carbons (Fsp3) is 0.676. The second kappa shape index (κ2) is 20.1. The van der Waals surface area contributed by atoms with Crippen LogP contribution in [0, 0.1) is 5.92 Å². The van der Waals surface area contributed by atoms with Gasteiger partial charge in [-0.05, 0) is 51.2 Å². The van der Waals surface area contributed by atoms with Crippen molar-refractivity contribution in [2.75, 3.05) is 20.8 Å². The molecule has 2 heterocycles. The number of ether oxygens (including phenoxy) is 5. The number of aliphatic hydroxyl groups excluding tert-OH is 4. The van der Waals surface area contributed by atoms with Crippen LogP contribution in [0.15, 0.2) is 59.8 Å². The number of cyclic esters (lactones) is 1. The molecule has 0 aliphatic carbocycles. The van der Waals surface area contributed by atoms with E-state index in [4.69, 9.17) is 23.7 Å². The van der Waals surface area contributed by atoms with Crippen molar-refractivity contribution in [1.82, 2.24) is 0 Å². The van der Waals surface area contributed by atoms with E-state index in [2.05, 4.69) is 19.1 Å². The number of methoxy groups -OCH3 is 2. The zero-order chi connectivity index (χ0) is 32.6. The van der Waals surface area contributed by atoms with Gasteiger partial charge in [0, 0.05) is 33.5 Å². The monoisotopic (exact) mass is 622 g/mol. The van der Waals surface area contributed by atoms with Gasteiger partial charge in [0.15, 0.2) is 6.29 Å². The molecule has 0 amide bonds. The summed E-state index contributed by atoms with van der Waals surface area (Å²) in [4.78, 5) is 13.3. The lowest BCUT2D eigenvalue weighted by Crippen LogP contribution is -2.60. The predicted molar refractivity (Wildman–Crippen MR) is 168 cm³/mol. The largest absolute Gasteiger partial charge is 0.458 e. The molecule has 0 aromatic rings. The first-order chi connectivity index (χ1) is 21.0. The van der Waals surface area contributed by atoms with Gasteiger partial charge in [-0.2, -0.15) is 0 Å². The summed E-state index contributed by atoms with van der Waals surface area (Å²) in [5.74, 6) is -0.295. The number of hydrogen-bond acceptors (Lipinski definition) is 10. The summed E-state index contributed by atoms with van der Waals surface area (Å²) in [5, 5.41) is 42.2. The highest BCUT2D eigenvalue weighted by molar-refractivity contribution is 5.70. The summed E-state index contributed by atoms with van der Waals surface area (Å²) in [7, 11) is 2.91. The fourth-order valence-electron chi connectivity index (χ4n) is 5.46. The van der Waals surface area contributed by atoms with E-state index in [1.165, 1.54) is 7.11 Å². The first-order valence-electron chi connectivity index (χ1n) is 15.5. The lowest BCUT2D eigenvalue weighted by atomic mass is 9.96. The molecule has 0 bridgehead atoms. The van der Waals surface area contributed by atoms with Crippen LogP contribution in [-0.4, -0.2) is 102 Å². The summed E-state index contributed by atoms with van der Waals surface area (Å²) in [6.07, 6.45) is 9.13. The molecule has 10 atom stereocenters. The van der Waals surface area contributed by atoms with E-state index in [1.54, 1.807) is 7.11 Å². The van der Waals surface area contributed by atoms with Crippen molar-refractivity contribution in [3.05, 3.63) is 59.8 Å². The van der Waals surface area contributed by atoms with Gasteiger partial charge in [0.2, 0.25) is 0 Å². The smallest absolute Gasteiger partial charge is 0.309 e. The van der Waals surface area contributed by atoms with Crippen molar-refractivity contribution in [1.29, 1.82) is 0 Å². The van der Waals surface area contributed by atoms with Crippen molar-refractivity contribution in [2.45, 2.75) is 121 Å². The topological polar surface area (TPSA) is 144 Å². The van der Waals surface area contributed by atoms with Crippen molar-refractivity contribution in [2.24, 2.45) is 5.92 Å². The Labute approximate surface area is 262 Å². The summed E-state index contributed by atoms with van der Waals surface area (Å²) >= 11 is 0. The van der Waals surface area contributed by atoms with Crippen LogP contribution in [0.2, 0.25) is 0 Å². The molecule has 2 aliphatic heterocycles. The number of carbonyl (C=O) groups excluding carboxylic acids is 1. The second-order valence-corrected chi connectivity index (χ2v) is 11.7. The summed E-state index contributed by atoms with van der Waals surface area (Å²) in [6, 6.07) is 0. The third kappa shape index (κ3) is 12.7. The molecular formula is C34H54O10. The molecule has 1 saturated heterocycles. The van der Waals surface area contributed by atoms with Gasteiger partial charge in [-0.1, -0.05) is 55.0 Å². The van der Waals surface area contributed by atoms with Crippen LogP contribution in [-0.2, 0) is 28.5 Å². The molecule has 1 fully saturated rings. The fourth-order valence-corrected chi connectivity index (χ4v) is 5.46. The highest BCUT2D eigenvalue weighted by atomic mass is 16.7. The molecule has 0 saturated carbocycles. The van der Waals surface area contributed by atoms with Crippen molar-refractivity contribution in [3.63, 3.8) is 0 Å². The minimum atomic E-state index is -1.42. The quantitative estimate of drug-likeness (QED) is 0.234. The average molecular weight is 623 g/mol. The van der Waals surface area contributed by atoms with Crippen molar-refractivity contribution < 1.29 is 48.9 Å². The summed E-state index contributed by atoms with van der Waals surface area (Å²) in [6.45, 7) is 7.48. The van der Waals surface area contributed by atoms with Gasteiger partial charge in [0.25, 0.3) is 0 Å². The zero-order valence-electron chi connectivity index (χ0n) is 27.1. The van der Waals surface area contributed by atoms with Crippen molar-refractivity contribution in [3.8, 4) is 0 Å².